The molecule has 0 bridgehead atoms. The van der Waals surface area contributed by atoms with E-state index in [1.165, 1.54) is 7.11 Å². The number of Topliss-reactive ketones (excluding diaryl/α,β-unsaturated/α-hetero) is 1. The third-order valence-corrected chi connectivity index (χ3v) is 10.1. The van der Waals surface area contributed by atoms with E-state index in [-0.39, 0.29) is 30.7 Å². The zero-order valence-corrected chi connectivity index (χ0v) is 29.7. The highest BCUT2D eigenvalue weighted by molar-refractivity contribution is 6.36. The summed E-state index contributed by atoms with van der Waals surface area (Å²) >= 11 is 7.10. The van der Waals surface area contributed by atoms with Crippen LogP contribution in [-0.4, -0.2) is 42.4 Å². The van der Waals surface area contributed by atoms with Crippen molar-refractivity contribution in [3.05, 3.63) is 87.4 Å². The van der Waals surface area contributed by atoms with Crippen LogP contribution in [0.5, 0.6) is 17.6 Å². The minimum atomic E-state index is -4.74. The molecule has 0 spiro atoms. The van der Waals surface area contributed by atoms with Crippen molar-refractivity contribution in [2.75, 3.05) is 20.8 Å². The Morgan fingerprint density at radius 1 is 0.942 bits per heavy atom. The van der Waals surface area contributed by atoms with Crippen molar-refractivity contribution < 1.29 is 37.0 Å². The molecule has 2 aliphatic carbocycles. The van der Waals surface area contributed by atoms with Crippen LogP contribution in [0.1, 0.15) is 72.4 Å². The Morgan fingerprint density at radius 2 is 1.67 bits per heavy atom. The van der Waals surface area contributed by atoms with Gasteiger partial charge in [-0.3, -0.25) is 9.59 Å². The van der Waals surface area contributed by atoms with E-state index >= 15 is 0 Å². The van der Waals surface area contributed by atoms with E-state index < -0.39 is 29.6 Å². The molecule has 13 heteroatoms. The second-order valence-electron chi connectivity index (χ2n) is 13.2. The van der Waals surface area contributed by atoms with E-state index in [9.17, 15) is 22.8 Å². The number of carbonyl (C=O) groups excluding carboxylic acids is 2. The standard InChI is InChI=1S/C39H40ClF3N4O5/c1-50-36-23(6-3-11-34(44)49)19-31(39(41,42)43)38(47-36)52-33-17-15-27-26(7-4-8-28(27)33)29-9-5-10-30(35(29)40)32-16-13-24(37(46-32)51-2)21-45-20-22-12-14-25(48)18-22/h4-5,7-10,13,16,19,22,33,45H,3,6,11-12,14-15,17-18,20-21H2,1-2H3,(H2,44,49)/t22-,33+/m1/s1. The SMILES string of the molecule is COc1nc(-c2cccc(-c3cccc4c3CC[C@@H]4Oc3nc(OC)c(CCCC(N)=O)cc3C(F)(F)F)c2Cl)ccc1CNC[C@@H]1CCC(=O)C1. The van der Waals surface area contributed by atoms with Crippen LogP contribution in [0.4, 0.5) is 13.2 Å². The third-order valence-electron chi connectivity index (χ3n) is 9.66. The number of carbonyl (C=O) groups is 2. The highest BCUT2D eigenvalue weighted by Crippen LogP contribution is 2.46. The van der Waals surface area contributed by atoms with Crippen LogP contribution < -0.4 is 25.3 Å². The van der Waals surface area contributed by atoms with Crippen LogP contribution in [0.25, 0.3) is 22.4 Å². The number of aryl methyl sites for hydroxylation is 1. The van der Waals surface area contributed by atoms with Crippen molar-refractivity contribution >= 4 is 23.3 Å². The van der Waals surface area contributed by atoms with Crippen molar-refractivity contribution in [1.82, 2.24) is 15.3 Å². The second kappa shape index (κ2) is 15.9. The van der Waals surface area contributed by atoms with E-state index in [2.05, 4.69) is 10.3 Å². The average molecular weight is 737 g/mol. The first-order chi connectivity index (χ1) is 25.0. The molecular weight excluding hydrogens is 697 g/mol. The fourth-order valence-corrected chi connectivity index (χ4v) is 7.42. The summed E-state index contributed by atoms with van der Waals surface area (Å²) in [6.07, 6.45) is -1.87. The largest absolute Gasteiger partial charge is 0.481 e. The number of ether oxygens (including phenoxy) is 3. The van der Waals surface area contributed by atoms with Crippen molar-refractivity contribution in [1.29, 1.82) is 0 Å². The molecule has 0 saturated heterocycles. The Morgan fingerprint density at radius 3 is 2.38 bits per heavy atom. The highest BCUT2D eigenvalue weighted by Gasteiger charge is 2.38. The fraction of sp³-hybridized carbons (Fsp3) is 0.385. The summed E-state index contributed by atoms with van der Waals surface area (Å²) in [5.74, 6) is 0.0258. The molecule has 9 nitrogen and oxygen atoms in total. The summed E-state index contributed by atoms with van der Waals surface area (Å²) in [4.78, 5) is 31.7. The lowest BCUT2D eigenvalue weighted by atomic mass is 9.94. The molecule has 274 valence electrons. The van der Waals surface area contributed by atoms with Gasteiger partial charge in [-0.2, -0.15) is 18.2 Å². The lowest BCUT2D eigenvalue weighted by molar-refractivity contribution is -0.139. The number of nitrogens with one attached hydrogen (secondary N) is 1. The quantitative estimate of drug-likeness (QED) is 0.134. The molecule has 2 atom stereocenters. The predicted molar refractivity (Wildman–Crippen MR) is 190 cm³/mol. The first-order valence-corrected chi connectivity index (χ1v) is 17.6. The zero-order chi connectivity index (χ0) is 37.0. The molecule has 1 saturated carbocycles. The normalized spacial score (nSPS) is 16.9. The maximum Gasteiger partial charge on any atom is 0.421 e. The van der Waals surface area contributed by atoms with Gasteiger partial charge in [0.2, 0.25) is 23.5 Å². The van der Waals surface area contributed by atoms with Gasteiger partial charge in [-0.25, -0.2) is 4.98 Å². The second-order valence-corrected chi connectivity index (χ2v) is 13.5. The summed E-state index contributed by atoms with van der Waals surface area (Å²) in [5.41, 5.74) is 9.88. The number of primary amides is 1. The minimum absolute atomic E-state index is 0.000612. The van der Waals surface area contributed by atoms with E-state index in [1.807, 2.05) is 48.5 Å². The number of nitrogens with zero attached hydrogens (tertiary/aromatic N) is 2. The molecule has 0 radical (unpaired) electrons. The molecule has 52 heavy (non-hydrogen) atoms. The van der Waals surface area contributed by atoms with Crippen LogP contribution in [0.15, 0.2) is 54.6 Å². The molecule has 6 rings (SSSR count). The topological polar surface area (TPSA) is 126 Å². The number of aromatic nitrogens is 2. The zero-order valence-electron chi connectivity index (χ0n) is 28.9. The maximum atomic E-state index is 14.3. The van der Waals surface area contributed by atoms with Gasteiger partial charge in [0.15, 0.2) is 0 Å². The van der Waals surface area contributed by atoms with Crippen LogP contribution in [-0.2, 0) is 35.2 Å². The summed E-state index contributed by atoms with van der Waals surface area (Å²) in [7, 11) is 2.89. The summed E-state index contributed by atoms with van der Waals surface area (Å²) < 4.78 is 59.9. The lowest BCUT2D eigenvalue weighted by Gasteiger charge is -2.20. The van der Waals surface area contributed by atoms with Crippen molar-refractivity contribution in [2.24, 2.45) is 11.7 Å². The van der Waals surface area contributed by atoms with Gasteiger partial charge in [0.05, 0.1) is 24.9 Å². The summed E-state index contributed by atoms with van der Waals surface area (Å²) in [5, 5.41) is 3.90. The number of hydrogen-bond acceptors (Lipinski definition) is 8. The Balaban J connectivity index is 1.25. The molecule has 0 unspecified atom stereocenters. The third kappa shape index (κ3) is 8.18. The molecule has 1 fully saturated rings. The van der Waals surface area contributed by atoms with Gasteiger partial charge in [0, 0.05) is 48.1 Å². The molecule has 1 amide bonds. The summed E-state index contributed by atoms with van der Waals surface area (Å²) in [6, 6.07) is 16.1. The number of fused-ring (bicyclic) bond motifs is 1. The van der Waals surface area contributed by atoms with Crippen molar-refractivity contribution in [2.45, 2.75) is 70.2 Å². The number of ketones is 1. The molecule has 4 aromatic rings. The van der Waals surface area contributed by atoms with Gasteiger partial charge in [-0.05, 0) is 73.4 Å². The van der Waals surface area contributed by atoms with Gasteiger partial charge in [-0.15, -0.1) is 0 Å². The molecule has 2 heterocycles. The van der Waals surface area contributed by atoms with Crippen LogP contribution in [0.2, 0.25) is 5.02 Å². The van der Waals surface area contributed by atoms with Crippen LogP contribution >= 0.6 is 11.6 Å². The maximum absolute atomic E-state index is 14.3. The van der Waals surface area contributed by atoms with Crippen LogP contribution in [0, 0.1) is 5.92 Å². The molecular formula is C39H40ClF3N4O5. The summed E-state index contributed by atoms with van der Waals surface area (Å²) in [6.45, 7) is 1.29. The number of rotatable bonds is 14. The molecule has 0 aliphatic heterocycles. The molecule has 2 aliphatic rings. The van der Waals surface area contributed by atoms with Crippen molar-refractivity contribution in [3.63, 3.8) is 0 Å². The van der Waals surface area contributed by atoms with E-state index in [0.717, 1.165) is 46.8 Å². The first-order valence-electron chi connectivity index (χ1n) is 17.2. The van der Waals surface area contributed by atoms with Crippen LogP contribution in [0.3, 0.4) is 0 Å². The highest BCUT2D eigenvalue weighted by atomic mass is 35.5. The predicted octanol–water partition coefficient (Wildman–Crippen LogP) is 7.83. The monoisotopic (exact) mass is 736 g/mol. The van der Waals surface area contributed by atoms with Gasteiger partial charge < -0.3 is 25.3 Å². The number of alkyl halides is 3. The van der Waals surface area contributed by atoms with Gasteiger partial charge in [-0.1, -0.05) is 54.1 Å². The van der Waals surface area contributed by atoms with E-state index in [0.29, 0.717) is 66.1 Å². The van der Waals surface area contributed by atoms with E-state index in [4.69, 9.17) is 36.5 Å². The lowest BCUT2D eigenvalue weighted by Crippen LogP contribution is -2.21. The minimum Gasteiger partial charge on any atom is -0.481 e. The smallest absolute Gasteiger partial charge is 0.421 e. The average Bonchev–Trinajstić information content (AvgIpc) is 3.73. The van der Waals surface area contributed by atoms with Crippen molar-refractivity contribution in [3.8, 4) is 40.0 Å². The Bertz CT molecular complexity index is 1970. The Kier molecular flexibility index (Phi) is 11.4. The van der Waals surface area contributed by atoms with Gasteiger partial charge in [0.1, 0.15) is 17.5 Å². The molecule has 2 aromatic carbocycles. The Hall–Kier alpha value is -4.68. The number of amides is 1. The first kappa shape index (κ1) is 37.1. The number of halogens is 4. The number of methoxy groups -OCH3 is 2. The fourth-order valence-electron chi connectivity index (χ4n) is 7.09. The number of hydrogen-bond donors (Lipinski definition) is 2. The molecule has 3 N–H and O–H groups in total. The van der Waals surface area contributed by atoms with Gasteiger partial charge >= 0.3 is 6.18 Å². The number of nitrogens with two attached hydrogens (primary N) is 1. The van der Waals surface area contributed by atoms with Gasteiger partial charge in [0.25, 0.3) is 0 Å². The number of pyridine rings is 2. The Labute approximate surface area is 305 Å². The molecule has 2 aromatic heterocycles. The number of benzene rings is 2. The van der Waals surface area contributed by atoms with E-state index in [1.54, 1.807) is 7.11 Å².